The summed E-state index contributed by atoms with van der Waals surface area (Å²) in [5.74, 6) is -0.371. The zero-order valence-electron chi connectivity index (χ0n) is 15.3. The Kier molecular flexibility index (Phi) is 4.53. The lowest BCUT2D eigenvalue weighted by Gasteiger charge is -2.21. The van der Waals surface area contributed by atoms with E-state index in [2.05, 4.69) is 18.7 Å². The first kappa shape index (κ1) is 17.4. The summed E-state index contributed by atoms with van der Waals surface area (Å²) in [5, 5.41) is 0. The molecule has 0 fully saturated rings. The highest BCUT2D eigenvalue weighted by atomic mass is 16.5. The van der Waals surface area contributed by atoms with Crippen LogP contribution < -0.4 is 0 Å². The van der Waals surface area contributed by atoms with Crippen molar-refractivity contribution in [2.24, 2.45) is 0 Å². The molecule has 3 heteroatoms. The maximum Gasteiger partial charge on any atom is 0.334 e. The standard InChI is InChI=1S/C22H24O3/c1-14(2)21(23)25-20-17-11-7-6-10-16(17)19-15(9-8-12-18(19)20)13-24-22(3,4)5/h6-12,20H,1,13H2,2-5H3. The van der Waals surface area contributed by atoms with Crippen molar-refractivity contribution in [3.63, 3.8) is 0 Å². The lowest BCUT2D eigenvalue weighted by molar-refractivity contribution is -0.142. The molecule has 1 unspecified atom stereocenters. The zero-order valence-corrected chi connectivity index (χ0v) is 15.3. The molecule has 3 rings (SSSR count). The maximum atomic E-state index is 12.1. The fraction of sp³-hybridized carbons (Fsp3) is 0.318. The number of rotatable bonds is 4. The number of carbonyl (C=O) groups is 1. The van der Waals surface area contributed by atoms with Gasteiger partial charge in [0.15, 0.2) is 6.10 Å². The molecule has 0 saturated heterocycles. The maximum absolute atomic E-state index is 12.1. The molecular weight excluding hydrogens is 312 g/mol. The van der Waals surface area contributed by atoms with Gasteiger partial charge in [-0.15, -0.1) is 0 Å². The number of benzene rings is 2. The summed E-state index contributed by atoms with van der Waals surface area (Å²) in [4.78, 5) is 12.1. The Labute approximate surface area is 149 Å². The Bertz CT molecular complexity index is 827. The summed E-state index contributed by atoms with van der Waals surface area (Å²) in [6.45, 7) is 12.0. The monoisotopic (exact) mass is 336 g/mol. The van der Waals surface area contributed by atoms with E-state index in [-0.39, 0.29) is 11.6 Å². The average Bonchev–Trinajstić information content (AvgIpc) is 2.87. The average molecular weight is 336 g/mol. The van der Waals surface area contributed by atoms with E-state index in [9.17, 15) is 4.79 Å². The van der Waals surface area contributed by atoms with Gasteiger partial charge < -0.3 is 9.47 Å². The third-order valence-electron chi connectivity index (χ3n) is 4.21. The Morgan fingerprint density at radius 1 is 1.08 bits per heavy atom. The number of ether oxygens (including phenoxy) is 2. The lowest BCUT2D eigenvalue weighted by atomic mass is 9.99. The van der Waals surface area contributed by atoms with Crippen molar-refractivity contribution in [1.82, 2.24) is 0 Å². The fourth-order valence-electron chi connectivity index (χ4n) is 3.04. The minimum atomic E-state index is -0.398. The van der Waals surface area contributed by atoms with Gasteiger partial charge in [-0.3, -0.25) is 0 Å². The molecule has 0 N–H and O–H groups in total. The van der Waals surface area contributed by atoms with Gasteiger partial charge in [-0.2, -0.15) is 0 Å². The number of fused-ring (bicyclic) bond motifs is 3. The van der Waals surface area contributed by atoms with Crippen molar-refractivity contribution in [2.75, 3.05) is 0 Å². The number of esters is 1. The Morgan fingerprint density at radius 3 is 2.44 bits per heavy atom. The molecule has 2 aromatic rings. The number of hydrogen-bond acceptors (Lipinski definition) is 3. The number of carbonyl (C=O) groups excluding carboxylic acids is 1. The van der Waals surface area contributed by atoms with Crippen LogP contribution in [0.3, 0.4) is 0 Å². The van der Waals surface area contributed by atoms with E-state index < -0.39 is 6.10 Å². The van der Waals surface area contributed by atoms with E-state index >= 15 is 0 Å². The summed E-state index contributed by atoms with van der Waals surface area (Å²) < 4.78 is 11.7. The van der Waals surface area contributed by atoms with Crippen LogP contribution in [0.1, 0.15) is 50.5 Å². The minimum absolute atomic E-state index is 0.216. The molecule has 0 amide bonds. The topological polar surface area (TPSA) is 35.5 Å². The molecule has 2 aromatic carbocycles. The van der Waals surface area contributed by atoms with Crippen molar-refractivity contribution in [1.29, 1.82) is 0 Å². The Hall–Kier alpha value is -2.39. The first-order valence-corrected chi connectivity index (χ1v) is 8.49. The molecule has 0 heterocycles. The second-order valence-electron chi connectivity index (χ2n) is 7.44. The predicted octanol–water partition coefficient (Wildman–Crippen LogP) is 5.19. The van der Waals surface area contributed by atoms with Crippen LogP contribution in [-0.2, 0) is 20.9 Å². The molecule has 1 aliphatic rings. The first-order chi connectivity index (χ1) is 11.8. The van der Waals surface area contributed by atoms with Crippen LogP contribution in [0.15, 0.2) is 54.6 Å². The predicted molar refractivity (Wildman–Crippen MR) is 99.2 cm³/mol. The highest BCUT2D eigenvalue weighted by Crippen LogP contribution is 2.47. The minimum Gasteiger partial charge on any atom is -0.449 e. The first-order valence-electron chi connectivity index (χ1n) is 8.49. The summed E-state index contributed by atoms with van der Waals surface area (Å²) in [5.41, 5.74) is 5.52. The summed E-state index contributed by atoms with van der Waals surface area (Å²) in [7, 11) is 0. The van der Waals surface area contributed by atoms with Gasteiger partial charge in [-0.05, 0) is 44.4 Å². The molecule has 130 valence electrons. The van der Waals surface area contributed by atoms with Gasteiger partial charge in [0.25, 0.3) is 0 Å². The van der Waals surface area contributed by atoms with E-state index in [1.165, 1.54) is 0 Å². The van der Waals surface area contributed by atoms with Gasteiger partial charge in [0.05, 0.1) is 12.2 Å². The molecular formula is C22H24O3. The van der Waals surface area contributed by atoms with Gasteiger partial charge >= 0.3 is 5.97 Å². The van der Waals surface area contributed by atoms with Crippen LogP contribution in [0.2, 0.25) is 0 Å². The Morgan fingerprint density at radius 2 is 1.76 bits per heavy atom. The second-order valence-corrected chi connectivity index (χ2v) is 7.44. The van der Waals surface area contributed by atoms with Crippen molar-refractivity contribution in [3.8, 4) is 11.1 Å². The van der Waals surface area contributed by atoms with E-state index in [1.54, 1.807) is 6.92 Å². The molecule has 1 atom stereocenters. The molecule has 0 saturated carbocycles. The van der Waals surface area contributed by atoms with E-state index in [0.29, 0.717) is 12.2 Å². The van der Waals surface area contributed by atoms with E-state index in [1.807, 2.05) is 51.1 Å². The summed E-state index contributed by atoms with van der Waals surface area (Å²) in [6, 6.07) is 14.2. The molecule has 0 aromatic heterocycles. The highest BCUT2D eigenvalue weighted by Gasteiger charge is 2.33. The second kappa shape index (κ2) is 6.49. The summed E-state index contributed by atoms with van der Waals surface area (Å²) >= 11 is 0. The highest BCUT2D eigenvalue weighted by molar-refractivity contribution is 5.89. The normalized spacial score (nSPS) is 15.4. The molecule has 0 aliphatic heterocycles. The van der Waals surface area contributed by atoms with Crippen molar-refractivity contribution < 1.29 is 14.3 Å². The largest absolute Gasteiger partial charge is 0.449 e. The number of hydrogen-bond donors (Lipinski definition) is 0. The lowest BCUT2D eigenvalue weighted by Crippen LogP contribution is -2.19. The van der Waals surface area contributed by atoms with Gasteiger partial charge in [0.1, 0.15) is 0 Å². The third kappa shape index (κ3) is 3.52. The van der Waals surface area contributed by atoms with Crippen LogP contribution >= 0.6 is 0 Å². The molecule has 1 aliphatic carbocycles. The fourth-order valence-corrected chi connectivity index (χ4v) is 3.04. The van der Waals surface area contributed by atoms with Crippen LogP contribution in [0.5, 0.6) is 0 Å². The van der Waals surface area contributed by atoms with Crippen molar-refractivity contribution >= 4 is 5.97 Å². The molecule has 25 heavy (non-hydrogen) atoms. The zero-order chi connectivity index (χ0) is 18.2. The van der Waals surface area contributed by atoms with Crippen LogP contribution in [0, 0.1) is 0 Å². The van der Waals surface area contributed by atoms with Crippen molar-refractivity contribution in [2.45, 2.75) is 46.0 Å². The molecule has 0 bridgehead atoms. The molecule has 0 spiro atoms. The van der Waals surface area contributed by atoms with Gasteiger partial charge in [0.2, 0.25) is 0 Å². The van der Waals surface area contributed by atoms with Gasteiger partial charge in [-0.1, -0.05) is 49.0 Å². The smallest absolute Gasteiger partial charge is 0.334 e. The SMILES string of the molecule is C=C(C)C(=O)OC1c2ccccc2-c2c(COC(C)(C)C)cccc21. The van der Waals surface area contributed by atoms with Crippen LogP contribution in [0.25, 0.3) is 11.1 Å². The Balaban J connectivity index is 2.05. The van der Waals surface area contributed by atoms with Gasteiger partial charge in [-0.25, -0.2) is 4.79 Å². The van der Waals surface area contributed by atoms with E-state index in [0.717, 1.165) is 27.8 Å². The van der Waals surface area contributed by atoms with E-state index in [4.69, 9.17) is 9.47 Å². The quantitative estimate of drug-likeness (QED) is 0.569. The van der Waals surface area contributed by atoms with Crippen molar-refractivity contribution in [3.05, 3.63) is 71.3 Å². The molecule has 0 radical (unpaired) electrons. The third-order valence-corrected chi connectivity index (χ3v) is 4.21. The van der Waals surface area contributed by atoms with Crippen LogP contribution in [-0.4, -0.2) is 11.6 Å². The van der Waals surface area contributed by atoms with Gasteiger partial charge in [0, 0.05) is 16.7 Å². The molecule has 3 nitrogen and oxygen atoms in total. The van der Waals surface area contributed by atoms with Crippen LogP contribution in [0.4, 0.5) is 0 Å². The summed E-state index contributed by atoms with van der Waals surface area (Å²) in [6.07, 6.45) is -0.398.